The van der Waals surface area contributed by atoms with Gasteiger partial charge in [-0.3, -0.25) is 0 Å². The SMILES string of the molecule is COc1ccc2oc(=O)cc(COC(=O)C=C(C)C)c2c1. The third-order valence-corrected chi connectivity index (χ3v) is 2.81. The van der Waals surface area contributed by atoms with E-state index in [1.807, 2.05) is 0 Å². The highest BCUT2D eigenvalue weighted by molar-refractivity contribution is 5.84. The number of ether oxygens (including phenoxy) is 2. The van der Waals surface area contributed by atoms with Gasteiger partial charge in [-0.05, 0) is 32.0 Å². The zero-order chi connectivity index (χ0) is 15.4. The molecule has 0 unspecified atom stereocenters. The number of esters is 1. The Morgan fingerprint density at radius 2 is 2.05 bits per heavy atom. The maximum atomic E-state index is 11.5. The molecule has 2 aromatic rings. The Labute approximate surface area is 121 Å². The van der Waals surface area contributed by atoms with E-state index in [1.54, 1.807) is 39.2 Å². The summed E-state index contributed by atoms with van der Waals surface area (Å²) in [7, 11) is 1.55. The molecule has 0 saturated heterocycles. The molecule has 0 fully saturated rings. The summed E-state index contributed by atoms with van der Waals surface area (Å²) in [6.07, 6.45) is 1.40. The van der Waals surface area contributed by atoms with Crippen molar-refractivity contribution in [3.05, 3.63) is 51.9 Å². The molecule has 1 aromatic carbocycles. The van der Waals surface area contributed by atoms with Gasteiger partial charge in [-0.2, -0.15) is 0 Å². The van der Waals surface area contributed by atoms with Gasteiger partial charge in [-0.25, -0.2) is 9.59 Å². The van der Waals surface area contributed by atoms with Crippen LogP contribution < -0.4 is 10.4 Å². The number of carbonyl (C=O) groups is 1. The van der Waals surface area contributed by atoms with Crippen LogP contribution in [0.25, 0.3) is 11.0 Å². The molecule has 5 heteroatoms. The molecule has 21 heavy (non-hydrogen) atoms. The van der Waals surface area contributed by atoms with E-state index in [1.165, 1.54) is 12.1 Å². The number of hydrogen-bond acceptors (Lipinski definition) is 5. The standard InChI is InChI=1S/C16H16O5/c1-10(2)6-15(17)20-9-11-7-16(18)21-14-5-4-12(19-3)8-13(11)14/h4-8H,9H2,1-3H3. The van der Waals surface area contributed by atoms with Gasteiger partial charge in [-0.1, -0.05) is 5.57 Å². The van der Waals surface area contributed by atoms with Crippen LogP contribution in [0.5, 0.6) is 5.75 Å². The summed E-state index contributed by atoms with van der Waals surface area (Å²) in [4.78, 5) is 23.1. The first-order chi connectivity index (χ1) is 9.99. The van der Waals surface area contributed by atoms with Crippen molar-refractivity contribution in [3.63, 3.8) is 0 Å². The molecule has 2 rings (SSSR count). The Kier molecular flexibility index (Phi) is 4.42. The lowest BCUT2D eigenvalue weighted by Crippen LogP contribution is -2.06. The first-order valence-corrected chi connectivity index (χ1v) is 6.42. The van der Waals surface area contributed by atoms with Crippen LogP contribution in [0, 0.1) is 0 Å². The molecule has 0 aliphatic carbocycles. The minimum Gasteiger partial charge on any atom is -0.497 e. The summed E-state index contributed by atoms with van der Waals surface area (Å²) >= 11 is 0. The molecule has 1 heterocycles. The molecule has 0 saturated carbocycles. The van der Waals surface area contributed by atoms with E-state index >= 15 is 0 Å². The number of benzene rings is 1. The lowest BCUT2D eigenvalue weighted by atomic mass is 10.1. The van der Waals surface area contributed by atoms with Gasteiger partial charge in [0.25, 0.3) is 0 Å². The number of allylic oxidation sites excluding steroid dienone is 1. The lowest BCUT2D eigenvalue weighted by molar-refractivity contribution is -0.139. The van der Waals surface area contributed by atoms with Crippen molar-refractivity contribution in [2.45, 2.75) is 20.5 Å². The van der Waals surface area contributed by atoms with Crippen LogP contribution in [0.3, 0.4) is 0 Å². The summed E-state index contributed by atoms with van der Waals surface area (Å²) in [5, 5.41) is 0.680. The van der Waals surface area contributed by atoms with Gasteiger partial charge >= 0.3 is 11.6 Å². The topological polar surface area (TPSA) is 65.7 Å². The molecular weight excluding hydrogens is 272 g/mol. The molecule has 110 valence electrons. The van der Waals surface area contributed by atoms with Gasteiger partial charge in [-0.15, -0.1) is 0 Å². The van der Waals surface area contributed by atoms with Gasteiger partial charge in [0.05, 0.1) is 7.11 Å². The van der Waals surface area contributed by atoms with Crippen LogP contribution >= 0.6 is 0 Å². The van der Waals surface area contributed by atoms with E-state index in [0.717, 1.165) is 5.57 Å². The number of rotatable bonds is 4. The second kappa shape index (κ2) is 6.26. The number of methoxy groups -OCH3 is 1. The highest BCUT2D eigenvalue weighted by Gasteiger charge is 2.09. The Balaban J connectivity index is 2.35. The largest absolute Gasteiger partial charge is 0.497 e. The first-order valence-electron chi connectivity index (χ1n) is 6.42. The van der Waals surface area contributed by atoms with Gasteiger partial charge in [0.15, 0.2) is 0 Å². The first kappa shape index (κ1) is 14.8. The van der Waals surface area contributed by atoms with E-state index < -0.39 is 11.6 Å². The number of hydrogen-bond donors (Lipinski definition) is 0. The molecule has 0 aliphatic rings. The van der Waals surface area contributed by atoms with Crippen LogP contribution in [0.15, 0.2) is 45.1 Å². The van der Waals surface area contributed by atoms with Crippen molar-refractivity contribution in [1.29, 1.82) is 0 Å². The monoisotopic (exact) mass is 288 g/mol. The molecular formula is C16H16O5. The molecule has 0 aliphatic heterocycles. The zero-order valence-electron chi connectivity index (χ0n) is 12.1. The lowest BCUT2D eigenvalue weighted by Gasteiger charge is -2.07. The van der Waals surface area contributed by atoms with Crippen molar-refractivity contribution >= 4 is 16.9 Å². The van der Waals surface area contributed by atoms with E-state index in [9.17, 15) is 9.59 Å². The Morgan fingerprint density at radius 3 is 2.71 bits per heavy atom. The van der Waals surface area contributed by atoms with Crippen molar-refractivity contribution in [3.8, 4) is 5.75 Å². The van der Waals surface area contributed by atoms with E-state index in [0.29, 0.717) is 22.3 Å². The maximum Gasteiger partial charge on any atom is 0.336 e. The highest BCUT2D eigenvalue weighted by Crippen LogP contribution is 2.23. The molecule has 1 aromatic heterocycles. The van der Waals surface area contributed by atoms with Crippen LogP contribution in [0.4, 0.5) is 0 Å². The normalized spacial score (nSPS) is 10.2. The minimum absolute atomic E-state index is 0.00210. The predicted octanol–water partition coefficient (Wildman–Crippen LogP) is 2.81. The summed E-state index contributed by atoms with van der Waals surface area (Å²) in [5.41, 5.74) is 1.37. The fourth-order valence-electron chi connectivity index (χ4n) is 1.88. The Hall–Kier alpha value is -2.56. The molecule has 0 spiro atoms. The molecule has 0 radical (unpaired) electrons. The molecule has 0 bridgehead atoms. The average Bonchev–Trinajstić information content (AvgIpc) is 2.43. The third-order valence-electron chi connectivity index (χ3n) is 2.81. The summed E-state index contributed by atoms with van der Waals surface area (Å²) in [6.45, 7) is 3.61. The van der Waals surface area contributed by atoms with Crippen molar-refractivity contribution in [2.24, 2.45) is 0 Å². The van der Waals surface area contributed by atoms with Crippen molar-refractivity contribution in [1.82, 2.24) is 0 Å². The van der Waals surface area contributed by atoms with Crippen LogP contribution in [0.2, 0.25) is 0 Å². The zero-order valence-corrected chi connectivity index (χ0v) is 12.1. The van der Waals surface area contributed by atoms with Gasteiger partial charge in [0, 0.05) is 23.1 Å². The van der Waals surface area contributed by atoms with E-state index in [2.05, 4.69) is 0 Å². The minimum atomic E-state index is -0.485. The third kappa shape index (κ3) is 3.72. The second-order valence-corrected chi connectivity index (χ2v) is 4.78. The van der Waals surface area contributed by atoms with Crippen molar-refractivity contribution < 1.29 is 18.7 Å². The summed E-state index contributed by atoms with van der Waals surface area (Å²) in [5.74, 6) is 0.188. The van der Waals surface area contributed by atoms with Gasteiger partial charge in [0.1, 0.15) is 17.9 Å². The molecule has 0 atom stereocenters. The predicted molar refractivity (Wildman–Crippen MR) is 78.3 cm³/mol. The second-order valence-electron chi connectivity index (χ2n) is 4.78. The Bertz CT molecular complexity index is 751. The highest BCUT2D eigenvalue weighted by atomic mass is 16.5. The van der Waals surface area contributed by atoms with Crippen molar-refractivity contribution in [2.75, 3.05) is 7.11 Å². The number of carbonyl (C=O) groups excluding carboxylic acids is 1. The Morgan fingerprint density at radius 1 is 1.29 bits per heavy atom. The van der Waals surface area contributed by atoms with Crippen LogP contribution in [-0.4, -0.2) is 13.1 Å². The fourth-order valence-corrected chi connectivity index (χ4v) is 1.88. The van der Waals surface area contributed by atoms with Crippen LogP contribution in [-0.2, 0) is 16.1 Å². The van der Waals surface area contributed by atoms with Gasteiger partial charge < -0.3 is 13.9 Å². The summed E-state index contributed by atoms with van der Waals surface area (Å²) in [6, 6.07) is 6.40. The maximum absolute atomic E-state index is 11.5. The molecule has 0 amide bonds. The fraction of sp³-hybridized carbons (Fsp3) is 0.250. The van der Waals surface area contributed by atoms with E-state index in [4.69, 9.17) is 13.9 Å². The van der Waals surface area contributed by atoms with Gasteiger partial charge in [0.2, 0.25) is 0 Å². The average molecular weight is 288 g/mol. The number of fused-ring (bicyclic) bond motifs is 1. The quantitative estimate of drug-likeness (QED) is 0.491. The van der Waals surface area contributed by atoms with E-state index in [-0.39, 0.29) is 6.61 Å². The molecule has 0 N–H and O–H groups in total. The summed E-state index contributed by atoms with van der Waals surface area (Å²) < 4.78 is 15.4. The smallest absolute Gasteiger partial charge is 0.336 e. The van der Waals surface area contributed by atoms with Crippen LogP contribution in [0.1, 0.15) is 19.4 Å². The molecule has 5 nitrogen and oxygen atoms in total.